The van der Waals surface area contributed by atoms with E-state index in [0.29, 0.717) is 17.2 Å². The van der Waals surface area contributed by atoms with Crippen LogP contribution >= 0.6 is 22.9 Å². The van der Waals surface area contributed by atoms with Crippen LogP contribution in [0.2, 0.25) is 4.34 Å². The second kappa shape index (κ2) is 7.13. The molecule has 3 N–H and O–H groups in total. The number of thiophene rings is 1. The van der Waals surface area contributed by atoms with Gasteiger partial charge in [0.2, 0.25) is 0 Å². The summed E-state index contributed by atoms with van der Waals surface area (Å²) < 4.78 is 0.678. The summed E-state index contributed by atoms with van der Waals surface area (Å²) in [6.07, 6.45) is 3.19. The number of carboxylic acid groups (broad SMARTS) is 1. The maximum absolute atomic E-state index is 12.0. The molecule has 5 nitrogen and oxygen atoms in total. The van der Waals surface area contributed by atoms with Crippen molar-refractivity contribution in [2.24, 2.45) is 5.92 Å². The summed E-state index contributed by atoms with van der Waals surface area (Å²) in [5, 5.41) is 14.8. The van der Waals surface area contributed by atoms with Crippen molar-refractivity contribution < 1.29 is 14.7 Å². The number of amides is 2. The van der Waals surface area contributed by atoms with Gasteiger partial charge in [-0.3, -0.25) is 4.79 Å². The molecule has 2 rings (SSSR count). The zero-order chi connectivity index (χ0) is 15.4. The molecule has 1 fully saturated rings. The molecule has 0 bridgehead atoms. The smallest absolute Gasteiger partial charge is 0.315 e. The van der Waals surface area contributed by atoms with Crippen molar-refractivity contribution in [3.05, 3.63) is 21.3 Å². The predicted molar refractivity (Wildman–Crippen MR) is 82.8 cm³/mol. The molecule has 1 aromatic heterocycles. The maximum Gasteiger partial charge on any atom is 0.315 e. The summed E-state index contributed by atoms with van der Waals surface area (Å²) in [5.41, 5.74) is 0. The Morgan fingerprint density at radius 2 is 2.10 bits per heavy atom. The van der Waals surface area contributed by atoms with Gasteiger partial charge < -0.3 is 15.7 Å². The zero-order valence-electron chi connectivity index (χ0n) is 11.8. The molecule has 0 radical (unpaired) electrons. The van der Waals surface area contributed by atoms with E-state index in [1.54, 1.807) is 6.07 Å². The van der Waals surface area contributed by atoms with Gasteiger partial charge in [0.15, 0.2) is 0 Å². The van der Waals surface area contributed by atoms with E-state index < -0.39 is 11.9 Å². The van der Waals surface area contributed by atoms with E-state index in [0.717, 1.165) is 17.7 Å². The van der Waals surface area contributed by atoms with Gasteiger partial charge in [-0.15, -0.1) is 11.3 Å². The Morgan fingerprint density at radius 1 is 1.38 bits per heavy atom. The first-order valence-corrected chi connectivity index (χ1v) is 8.22. The molecule has 21 heavy (non-hydrogen) atoms. The summed E-state index contributed by atoms with van der Waals surface area (Å²) in [6.45, 7) is 1.87. The summed E-state index contributed by atoms with van der Waals surface area (Å²) in [7, 11) is 0. The lowest BCUT2D eigenvalue weighted by atomic mass is 9.84. The van der Waals surface area contributed by atoms with Crippen LogP contribution in [0.4, 0.5) is 4.79 Å². The van der Waals surface area contributed by atoms with Gasteiger partial charge in [0, 0.05) is 10.9 Å². The number of carbonyl (C=O) groups excluding carboxylic acids is 1. The topological polar surface area (TPSA) is 78.4 Å². The van der Waals surface area contributed by atoms with Gasteiger partial charge in [-0.2, -0.15) is 0 Å². The van der Waals surface area contributed by atoms with Gasteiger partial charge in [-0.1, -0.05) is 24.4 Å². The van der Waals surface area contributed by atoms with E-state index in [1.165, 1.54) is 11.3 Å². The van der Waals surface area contributed by atoms with Crippen LogP contribution in [0, 0.1) is 5.92 Å². The van der Waals surface area contributed by atoms with Crippen LogP contribution in [0.5, 0.6) is 0 Å². The van der Waals surface area contributed by atoms with Gasteiger partial charge in [0.25, 0.3) is 0 Å². The van der Waals surface area contributed by atoms with Crippen molar-refractivity contribution in [3.8, 4) is 0 Å². The Morgan fingerprint density at radius 3 is 2.71 bits per heavy atom. The fourth-order valence-corrected chi connectivity index (χ4v) is 3.70. The van der Waals surface area contributed by atoms with Crippen molar-refractivity contribution >= 4 is 34.9 Å². The molecule has 3 atom stereocenters. The first-order valence-electron chi connectivity index (χ1n) is 7.02. The Bertz CT molecular complexity index is 520. The van der Waals surface area contributed by atoms with Crippen LogP contribution in [0.3, 0.4) is 0 Å². The van der Waals surface area contributed by atoms with Crippen LogP contribution in [0.15, 0.2) is 12.1 Å². The number of hydrogen-bond acceptors (Lipinski definition) is 3. The molecule has 0 saturated heterocycles. The van der Waals surface area contributed by atoms with Gasteiger partial charge in [0.1, 0.15) is 0 Å². The lowest BCUT2D eigenvalue weighted by molar-refractivity contribution is -0.143. The molecule has 1 aromatic rings. The molecule has 0 aliphatic heterocycles. The average Bonchev–Trinajstić information content (AvgIpc) is 2.85. The quantitative estimate of drug-likeness (QED) is 0.791. The number of nitrogens with one attached hydrogen (secondary N) is 2. The Labute approximate surface area is 132 Å². The fourth-order valence-electron chi connectivity index (χ4n) is 2.64. The zero-order valence-corrected chi connectivity index (χ0v) is 13.3. The van der Waals surface area contributed by atoms with Gasteiger partial charge in [0.05, 0.1) is 16.3 Å². The van der Waals surface area contributed by atoms with Crippen LogP contribution in [-0.2, 0) is 4.79 Å². The standard InChI is InChI=1S/C14H19ClN2O3S/c1-8(11-6-7-12(15)21-11)16-14(20)17-10-5-3-2-4-9(10)13(18)19/h6-10H,2-5H2,1H3,(H,18,19)(H2,16,17,20). The van der Waals surface area contributed by atoms with E-state index in [9.17, 15) is 14.7 Å². The van der Waals surface area contributed by atoms with Crippen molar-refractivity contribution in [1.29, 1.82) is 0 Å². The average molecular weight is 331 g/mol. The molecule has 7 heteroatoms. The van der Waals surface area contributed by atoms with Gasteiger partial charge in [-0.05, 0) is 31.9 Å². The highest BCUT2D eigenvalue weighted by atomic mass is 35.5. The van der Waals surface area contributed by atoms with Crippen molar-refractivity contribution in [2.75, 3.05) is 0 Å². The van der Waals surface area contributed by atoms with Gasteiger partial charge in [-0.25, -0.2) is 4.79 Å². The van der Waals surface area contributed by atoms with E-state index in [1.807, 2.05) is 13.0 Å². The van der Waals surface area contributed by atoms with Gasteiger partial charge >= 0.3 is 12.0 Å². The molecule has 2 amide bonds. The Kier molecular flexibility index (Phi) is 5.47. The van der Waals surface area contributed by atoms with Crippen LogP contribution < -0.4 is 10.6 Å². The molecular weight excluding hydrogens is 312 g/mol. The summed E-state index contributed by atoms with van der Waals surface area (Å²) >= 11 is 7.29. The maximum atomic E-state index is 12.0. The molecule has 3 unspecified atom stereocenters. The van der Waals surface area contributed by atoms with Crippen molar-refractivity contribution in [1.82, 2.24) is 10.6 Å². The van der Waals surface area contributed by atoms with E-state index in [4.69, 9.17) is 11.6 Å². The summed E-state index contributed by atoms with van der Waals surface area (Å²) in [6, 6.07) is 2.88. The minimum absolute atomic E-state index is 0.158. The van der Waals surface area contributed by atoms with E-state index >= 15 is 0 Å². The third-order valence-electron chi connectivity index (χ3n) is 3.77. The van der Waals surface area contributed by atoms with E-state index in [2.05, 4.69) is 10.6 Å². The molecule has 0 spiro atoms. The first kappa shape index (κ1) is 16.1. The fraction of sp³-hybridized carbons (Fsp3) is 0.571. The second-order valence-corrected chi connectivity index (χ2v) is 7.06. The number of carbonyl (C=O) groups is 2. The molecule has 1 aliphatic rings. The molecule has 116 valence electrons. The Hall–Kier alpha value is -1.27. The van der Waals surface area contributed by atoms with Crippen LogP contribution in [-0.4, -0.2) is 23.1 Å². The number of rotatable bonds is 4. The minimum Gasteiger partial charge on any atom is -0.481 e. The number of hydrogen-bond donors (Lipinski definition) is 3. The van der Waals surface area contributed by atoms with Crippen molar-refractivity contribution in [2.45, 2.75) is 44.7 Å². The molecule has 1 saturated carbocycles. The number of aliphatic carboxylic acids is 1. The first-order chi connectivity index (χ1) is 9.97. The SMILES string of the molecule is CC(NC(=O)NC1CCCCC1C(=O)O)c1ccc(Cl)s1. The molecule has 1 heterocycles. The summed E-state index contributed by atoms with van der Waals surface area (Å²) in [5.74, 6) is -1.32. The lowest BCUT2D eigenvalue weighted by Gasteiger charge is -2.29. The molecule has 1 aliphatic carbocycles. The highest BCUT2D eigenvalue weighted by Crippen LogP contribution is 2.27. The van der Waals surface area contributed by atoms with Crippen LogP contribution in [0.1, 0.15) is 43.5 Å². The molecular formula is C14H19ClN2O3S. The highest BCUT2D eigenvalue weighted by molar-refractivity contribution is 7.16. The predicted octanol–water partition coefficient (Wildman–Crippen LogP) is 3.41. The number of halogens is 1. The van der Waals surface area contributed by atoms with Crippen LogP contribution in [0.25, 0.3) is 0 Å². The Balaban J connectivity index is 1.89. The lowest BCUT2D eigenvalue weighted by Crippen LogP contribution is -2.49. The normalized spacial score (nSPS) is 23.3. The number of carboxylic acids is 1. The monoisotopic (exact) mass is 330 g/mol. The number of urea groups is 1. The highest BCUT2D eigenvalue weighted by Gasteiger charge is 2.32. The minimum atomic E-state index is -0.835. The third-order valence-corrected chi connectivity index (χ3v) is 5.18. The van der Waals surface area contributed by atoms with E-state index in [-0.39, 0.29) is 18.1 Å². The second-order valence-electron chi connectivity index (χ2n) is 5.32. The molecule has 0 aromatic carbocycles. The summed E-state index contributed by atoms with van der Waals surface area (Å²) in [4.78, 5) is 24.2. The van der Waals surface area contributed by atoms with Crippen molar-refractivity contribution in [3.63, 3.8) is 0 Å². The largest absolute Gasteiger partial charge is 0.481 e. The third kappa shape index (κ3) is 4.35.